The van der Waals surface area contributed by atoms with Crippen molar-refractivity contribution in [3.05, 3.63) is 42.0 Å². The van der Waals surface area contributed by atoms with Gasteiger partial charge in [0.05, 0.1) is 0 Å². The Morgan fingerprint density at radius 1 is 1.31 bits per heavy atom. The number of rotatable bonds is 1. The Balaban J connectivity index is 2.40. The predicted octanol–water partition coefficient (Wildman–Crippen LogP) is 2.93. The summed E-state index contributed by atoms with van der Waals surface area (Å²) in [5, 5.41) is 0. The van der Waals surface area contributed by atoms with Gasteiger partial charge >= 0.3 is 0 Å². The molecule has 0 saturated heterocycles. The predicted molar refractivity (Wildman–Crippen MR) is 66.5 cm³/mol. The van der Waals surface area contributed by atoms with Crippen LogP contribution >= 0.6 is 0 Å². The lowest BCUT2D eigenvalue weighted by molar-refractivity contribution is -0.115. The molecule has 0 saturated carbocycles. The van der Waals surface area contributed by atoms with E-state index in [1.54, 1.807) is 6.92 Å². The molecule has 0 aliphatic carbocycles. The summed E-state index contributed by atoms with van der Waals surface area (Å²) in [5.74, 6) is 0.0503. The van der Waals surface area contributed by atoms with Crippen molar-refractivity contribution in [2.45, 2.75) is 26.2 Å². The Morgan fingerprint density at radius 2 is 2.06 bits per heavy atom. The molecule has 1 amide bonds. The fraction of sp³-hybridized carbons (Fsp3) is 0.357. The first-order valence-corrected chi connectivity index (χ1v) is 5.75. The van der Waals surface area contributed by atoms with E-state index < -0.39 is 0 Å². The van der Waals surface area contributed by atoms with Gasteiger partial charge in [-0.05, 0) is 37.8 Å². The monoisotopic (exact) mass is 215 g/mol. The highest BCUT2D eigenvalue weighted by molar-refractivity contribution is 6.05. The molecule has 84 valence electrons. The maximum atomic E-state index is 12.0. The van der Waals surface area contributed by atoms with Crippen LogP contribution in [0, 0.1) is 0 Å². The Morgan fingerprint density at radius 3 is 2.81 bits per heavy atom. The Hall–Kier alpha value is -1.57. The number of hydrogen-bond donors (Lipinski definition) is 0. The van der Waals surface area contributed by atoms with Gasteiger partial charge in [0.15, 0.2) is 0 Å². The molecule has 0 N–H and O–H groups in total. The lowest BCUT2D eigenvalue weighted by atomic mass is 10.1. The molecule has 0 unspecified atom stereocenters. The number of anilines is 1. The van der Waals surface area contributed by atoms with Crippen LogP contribution in [-0.2, 0) is 11.2 Å². The van der Waals surface area contributed by atoms with Gasteiger partial charge in [-0.1, -0.05) is 24.8 Å². The number of aryl methyl sites for hydroxylation is 1. The second-order valence-electron chi connectivity index (χ2n) is 4.32. The molecule has 0 bridgehead atoms. The highest BCUT2D eigenvalue weighted by atomic mass is 16.2. The van der Waals surface area contributed by atoms with Gasteiger partial charge in [0.25, 0.3) is 5.91 Å². The Bertz CT molecular complexity index is 422. The summed E-state index contributed by atoms with van der Waals surface area (Å²) in [6.45, 7) is 6.32. The van der Waals surface area contributed by atoms with Gasteiger partial charge in [-0.3, -0.25) is 4.79 Å². The summed E-state index contributed by atoms with van der Waals surface area (Å²) in [7, 11) is 0. The van der Waals surface area contributed by atoms with Gasteiger partial charge < -0.3 is 4.90 Å². The molecule has 2 heteroatoms. The number of hydrogen-bond acceptors (Lipinski definition) is 1. The van der Waals surface area contributed by atoms with Gasteiger partial charge in [0.1, 0.15) is 0 Å². The van der Waals surface area contributed by atoms with Crippen LogP contribution in [0.5, 0.6) is 0 Å². The highest BCUT2D eigenvalue weighted by Gasteiger charge is 2.20. The highest BCUT2D eigenvalue weighted by Crippen LogP contribution is 2.26. The van der Waals surface area contributed by atoms with E-state index in [1.807, 2.05) is 23.1 Å². The van der Waals surface area contributed by atoms with Crippen LogP contribution in [0.1, 0.15) is 25.3 Å². The summed E-state index contributed by atoms with van der Waals surface area (Å²) >= 11 is 0. The smallest absolute Gasteiger partial charge is 0.253 e. The maximum Gasteiger partial charge on any atom is 0.253 e. The van der Waals surface area contributed by atoms with Crippen molar-refractivity contribution < 1.29 is 4.79 Å². The number of para-hydroxylation sites is 1. The summed E-state index contributed by atoms with van der Waals surface area (Å²) in [5.41, 5.74) is 2.94. The van der Waals surface area contributed by atoms with Gasteiger partial charge in [-0.2, -0.15) is 0 Å². The van der Waals surface area contributed by atoms with Crippen LogP contribution in [0.15, 0.2) is 36.4 Å². The lowest BCUT2D eigenvalue weighted by Crippen LogP contribution is -2.32. The third kappa shape index (κ3) is 2.01. The second kappa shape index (κ2) is 4.52. The fourth-order valence-corrected chi connectivity index (χ4v) is 2.13. The third-order valence-corrected chi connectivity index (χ3v) is 2.97. The second-order valence-corrected chi connectivity index (χ2v) is 4.32. The topological polar surface area (TPSA) is 20.3 Å². The van der Waals surface area contributed by atoms with E-state index >= 15 is 0 Å². The van der Waals surface area contributed by atoms with Gasteiger partial charge in [-0.25, -0.2) is 0 Å². The van der Waals surface area contributed by atoms with Gasteiger partial charge in [-0.15, -0.1) is 0 Å². The van der Waals surface area contributed by atoms with E-state index in [4.69, 9.17) is 0 Å². The van der Waals surface area contributed by atoms with Crippen LogP contribution in [-0.4, -0.2) is 12.5 Å². The Labute approximate surface area is 96.6 Å². The minimum Gasteiger partial charge on any atom is -0.308 e. The van der Waals surface area contributed by atoms with Crippen molar-refractivity contribution in [2.24, 2.45) is 0 Å². The normalized spacial score (nSPS) is 15.2. The van der Waals surface area contributed by atoms with Crippen LogP contribution in [0.25, 0.3) is 0 Å². The van der Waals surface area contributed by atoms with E-state index in [0.29, 0.717) is 5.57 Å². The molecule has 1 aliphatic heterocycles. The average molecular weight is 215 g/mol. The molecular formula is C14H17NO. The first kappa shape index (κ1) is 10.9. The minimum absolute atomic E-state index is 0.0503. The molecule has 0 radical (unpaired) electrons. The summed E-state index contributed by atoms with van der Waals surface area (Å²) in [6.07, 6.45) is 3.28. The molecule has 1 heterocycles. The van der Waals surface area contributed by atoms with Crippen LogP contribution in [0.3, 0.4) is 0 Å². The molecule has 16 heavy (non-hydrogen) atoms. The van der Waals surface area contributed by atoms with E-state index in [-0.39, 0.29) is 5.91 Å². The molecule has 2 nitrogen and oxygen atoms in total. The van der Waals surface area contributed by atoms with Crippen molar-refractivity contribution in [3.63, 3.8) is 0 Å². The summed E-state index contributed by atoms with van der Waals surface area (Å²) < 4.78 is 0. The maximum absolute atomic E-state index is 12.0. The summed E-state index contributed by atoms with van der Waals surface area (Å²) in [4.78, 5) is 13.9. The molecule has 0 spiro atoms. The van der Waals surface area contributed by atoms with Crippen LogP contribution in [0.2, 0.25) is 0 Å². The van der Waals surface area contributed by atoms with E-state index in [9.17, 15) is 4.79 Å². The molecule has 1 aromatic carbocycles. The number of fused-ring (bicyclic) bond motifs is 1. The fourth-order valence-electron chi connectivity index (χ4n) is 2.13. The first-order chi connectivity index (χ1) is 7.70. The SMILES string of the molecule is C=C(C)C(=O)N1CCCCc2ccccc21. The van der Waals surface area contributed by atoms with Crippen LogP contribution in [0.4, 0.5) is 5.69 Å². The van der Waals surface area contributed by atoms with Gasteiger partial charge in [0.2, 0.25) is 0 Å². The van der Waals surface area contributed by atoms with Crippen molar-refractivity contribution in [3.8, 4) is 0 Å². The molecule has 2 rings (SSSR count). The van der Waals surface area contributed by atoms with E-state index in [0.717, 1.165) is 31.5 Å². The van der Waals surface area contributed by atoms with Crippen molar-refractivity contribution in [1.82, 2.24) is 0 Å². The summed E-state index contributed by atoms with van der Waals surface area (Å²) in [6, 6.07) is 8.16. The number of carbonyl (C=O) groups excluding carboxylic acids is 1. The molecule has 0 fully saturated rings. The quantitative estimate of drug-likeness (QED) is 0.659. The van der Waals surface area contributed by atoms with Crippen molar-refractivity contribution in [2.75, 3.05) is 11.4 Å². The first-order valence-electron chi connectivity index (χ1n) is 5.75. The van der Waals surface area contributed by atoms with Crippen LogP contribution < -0.4 is 4.90 Å². The van der Waals surface area contributed by atoms with Crippen molar-refractivity contribution in [1.29, 1.82) is 0 Å². The standard InChI is InChI=1S/C14H17NO/c1-11(2)14(16)15-10-6-5-8-12-7-3-4-9-13(12)15/h3-4,7,9H,1,5-6,8,10H2,2H3. The number of benzene rings is 1. The zero-order chi connectivity index (χ0) is 11.5. The van der Waals surface area contributed by atoms with Crippen molar-refractivity contribution >= 4 is 11.6 Å². The molecular weight excluding hydrogens is 198 g/mol. The van der Waals surface area contributed by atoms with E-state index in [2.05, 4.69) is 12.6 Å². The molecule has 1 aliphatic rings. The molecule has 1 aromatic rings. The van der Waals surface area contributed by atoms with Gasteiger partial charge in [0, 0.05) is 17.8 Å². The Kier molecular flexibility index (Phi) is 3.09. The number of carbonyl (C=O) groups is 1. The van der Waals surface area contributed by atoms with E-state index in [1.165, 1.54) is 5.56 Å². The molecule has 0 atom stereocenters. The minimum atomic E-state index is 0.0503. The zero-order valence-corrected chi connectivity index (χ0v) is 9.70. The zero-order valence-electron chi connectivity index (χ0n) is 9.70. The number of amides is 1. The molecule has 0 aromatic heterocycles. The number of nitrogens with zero attached hydrogens (tertiary/aromatic N) is 1. The largest absolute Gasteiger partial charge is 0.308 e. The third-order valence-electron chi connectivity index (χ3n) is 2.97. The lowest BCUT2D eigenvalue weighted by Gasteiger charge is -2.22. The average Bonchev–Trinajstić information content (AvgIpc) is 2.50.